The lowest BCUT2D eigenvalue weighted by atomic mass is 10.1. The van der Waals surface area contributed by atoms with Crippen molar-refractivity contribution in [3.05, 3.63) is 53.7 Å². The number of amides is 1. The van der Waals surface area contributed by atoms with E-state index in [0.29, 0.717) is 40.0 Å². The van der Waals surface area contributed by atoms with Crippen LogP contribution in [-0.2, 0) is 6.54 Å². The highest BCUT2D eigenvalue weighted by Crippen LogP contribution is 2.32. The first-order chi connectivity index (χ1) is 14.1. The van der Waals surface area contributed by atoms with Crippen LogP contribution >= 0.6 is 0 Å². The first kappa shape index (κ1) is 20.1. The maximum atomic E-state index is 12.4. The van der Waals surface area contributed by atoms with Gasteiger partial charge >= 0.3 is 0 Å². The van der Waals surface area contributed by atoms with Crippen LogP contribution in [0, 0.1) is 0 Å². The van der Waals surface area contributed by atoms with E-state index in [4.69, 9.17) is 23.5 Å². The maximum absolute atomic E-state index is 12.4. The molecule has 2 aromatic carbocycles. The van der Waals surface area contributed by atoms with Crippen molar-refractivity contribution in [3.8, 4) is 34.3 Å². The number of ether oxygens (including phenoxy) is 4. The van der Waals surface area contributed by atoms with Crippen molar-refractivity contribution < 1.29 is 28.3 Å². The van der Waals surface area contributed by atoms with Crippen LogP contribution in [0.5, 0.6) is 23.0 Å². The lowest BCUT2D eigenvalue weighted by Crippen LogP contribution is -2.22. The molecular formula is C21H22N2O6. The number of nitrogens with one attached hydrogen (secondary N) is 1. The van der Waals surface area contributed by atoms with E-state index in [1.807, 2.05) is 6.07 Å². The number of methoxy groups -OCH3 is 4. The summed E-state index contributed by atoms with van der Waals surface area (Å²) in [6.45, 7) is 0.212. The quantitative estimate of drug-likeness (QED) is 0.622. The minimum absolute atomic E-state index is 0.212. The molecule has 3 aromatic rings. The van der Waals surface area contributed by atoms with Gasteiger partial charge in [0.05, 0.1) is 35.0 Å². The van der Waals surface area contributed by atoms with Gasteiger partial charge in [-0.3, -0.25) is 4.79 Å². The zero-order valence-corrected chi connectivity index (χ0v) is 16.6. The number of benzene rings is 2. The molecule has 0 radical (unpaired) electrons. The Labute approximate surface area is 168 Å². The number of nitrogens with zero attached hydrogens (tertiary/aromatic N) is 1. The zero-order valence-electron chi connectivity index (χ0n) is 16.6. The molecule has 0 fully saturated rings. The number of hydrogen-bond acceptors (Lipinski definition) is 7. The van der Waals surface area contributed by atoms with Crippen LogP contribution in [0.25, 0.3) is 11.3 Å². The third-order valence-electron chi connectivity index (χ3n) is 4.30. The van der Waals surface area contributed by atoms with Gasteiger partial charge in [0.1, 0.15) is 5.69 Å². The van der Waals surface area contributed by atoms with Gasteiger partial charge in [0.25, 0.3) is 5.91 Å². The molecule has 1 aromatic heterocycles. The Morgan fingerprint density at radius 3 is 2.14 bits per heavy atom. The Bertz CT molecular complexity index is 999. The van der Waals surface area contributed by atoms with Crippen molar-refractivity contribution in [2.45, 2.75) is 6.54 Å². The van der Waals surface area contributed by atoms with Gasteiger partial charge in [0, 0.05) is 17.2 Å². The average Bonchev–Trinajstić information content (AvgIpc) is 3.25. The highest BCUT2D eigenvalue weighted by Gasteiger charge is 2.13. The van der Waals surface area contributed by atoms with Crippen molar-refractivity contribution in [1.82, 2.24) is 10.5 Å². The van der Waals surface area contributed by atoms with Crippen molar-refractivity contribution in [2.24, 2.45) is 0 Å². The average molecular weight is 398 g/mol. The summed E-state index contributed by atoms with van der Waals surface area (Å²) in [5, 5.41) is 6.82. The van der Waals surface area contributed by atoms with Gasteiger partial charge in [-0.25, -0.2) is 0 Å². The molecule has 0 bridgehead atoms. The molecule has 0 unspecified atom stereocenters. The standard InChI is InChI=1S/C21H22N2O6/c1-25-16-7-5-13(9-19(16)27-3)18-11-15(23-29-18)12-22-21(24)14-6-8-17(26-2)20(10-14)28-4/h5-11H,12H2,1-4H3,(H,22,24). The van der Waals surface area contributed by atoms with Crippen molar-refractivity contribution in [3.63, 3.8) is 0 Å². The largest absolute Gasteiger partial charge is 0.493 e. The molecule has 29 heavy (non-hydrogen) atoms. The van der Waals surface area contributed by atoms with Gasteiger partial charge in [-0.15, -0.1) is 0 Å². The summed E-state index contributed by atoms with van der Waals surface area (Å²) in [6, 6.07) is 12.1. The van der Waals surface area contributed by atoms with Gasteiger partial charge in [0.2, 0.25) is 0 Å². The van der Waals surface area contributed by atoms with Crippen molar-refractivity contribution in [2.75, 3.05) is 28.4 Å². The Hall–Kier alpha value is -3.68. The summed E-state index contributed by atoms with van der Waals surface area (Å²) in [4.78, 5) is 12.4. The van der Waals surface area contributed by atoms with E-state index in [1.54, 1.807) is 50.6 Å². The van der Waals surface area contributed by atoms with Crippen LogP contribution in [0.2, 0.25) is 0 Å². The molecule has 0 atom stereocenters. The summed E-state index contributed by atoms with van der Waals surface area (Å²) in [5.41, 5.74) is 1.82. The van der Waals surface area contributed by atoms with Crippen LogP contribution in [0.15, 0.2) is 47.0 Å². The van der Waals surface area contributed by atoms with E-state index in [0.717, 1.165) is 5.56 Å². The molecule has 3 rings (SSSR count). The van der Waals surface area contributed by atoms with E-state index in [1.165, 1.54) is 14.2 Å². The van der Waals surface area contributed by atoms with Crippen LogP contribution in [0.4, 0.5) is 0 Å². The first-order valence-electron chi connectivity index (χ1n) is 8.77. The fraction of sp³-hybridized carbons (Fsp3) is 0.238. The number of carbonyl (C=O) groups is 1. The lowest BCUT2D eigenvalue weighted by molar-refractivity contribution is 0.0949. The highest BCUT2D eigenvalue weighted by atomic mass is 16.5. The van der Waals surface area contributed by atoms with Gasteiger partial charge in [-0.1, -0.05) is 5.16 Å². The summed E-state index contributed by atoms with van der Waals surface area (Å²) in [7, 11) is 6.20. The smallest absolute Gasteiger partial charge is 0.251 e. The molecule has 152 valence electrons. The normalized spacial score (nSPS) is 10.3. The van der Waals surface area contributed by atoms with E-state index in [-0.39, 0.29) is 12.5 Å². The highest BCUT2D eigenvalue weighted by molar-refractivity contribution is 5.94. The summed E-state index contributed by atoms with van der Waals surface area (Å²) in [5.74, 6) is 2.54. The lowest BCUT2D eigenvalue weighted by Gasteiger charge is -2.09. The molecule has 1 N–H and O–H groups in total. The second kappa shape index (κ2) is 9.01. The van der Waals surface area contributed by atoms with E-state index in [2.05, 4.69) is 10.5 Å². The van der Waals surface area contributed by atoms with Crippen molar-refractivity contribution in [1.29, 1.82) is 0 Å². The predicted molar refractivity (Wildman–Crippen MR) is 106 cm³/mol. The maximum Gasteiger partial charge on any atom is 0.251 e. The monoisotopic (exact) mass is 398 g/mol. The number of rotatable bonds is 8. The third-order valence-corrected chi connectivity index (χ3v) is 4.30. The molecule has 0 saturated carbocycles. The minimum Gasteiger partial charge on any atom is -0.493 e. The van der Waals surface area contributed by atoms with Crippen molar-refractivity contribution >= 4 is 5.91 Å². The fourth-order valence-corrected chi connectivity index (χ4v) is 2.77. The summed E-state index contributed by atoms with van der Waals surface area (Å²) >= 11 is 0. The number of hydrogen-bond donors (Lipinski definition) is 1. The van der Waals surface area contributed by atoms with Crippen LogP contribution in [0.1, 0.15) is 16.1 Å². The molecule has 1 amide bonds. The second-order valence-electron chi connectivity index (χ2n) is 6.00. The molecule has 8 nitrogen and oxygen atoms in total. The first-order valence-corrected chi connectivity index (χ1v) is 8.77. The molecule has 0 aliphatic heterocycles. The predicted octanol–water partition coefficient (Wildman–Crippen LogP) is 3.31. The zero-order chi connectivity index (χ0) is 20.8. The van der Waals surface area contributed by atoms with Gasteiger partial charge in [-0.2, -0.15) is 0 Å². The fourth-order valence-electron chi connectivity index (χ4n) is 2.77. The van der Waals surface area contributed by atoms with Gasteiger partial charge < -0.3 is 28.8 Å². The van der Waals surface area contributed by atoms with E-state index >= 15 is 0 Å². The number of aromatic nitrogens is 1. The van der Waals surface area contributed by atoms with Gasteiger partial charge in [0.15, 0.2) is 28.8 Å². The Morgan fingerprint density at radius 2 is 1.48 bits per heavy atom. The molecular weight excluding hydrogens is 376 g/mol. The van der Waals surface area contributed by atoms with Gasteiger partial charge in [-0.05, 0) is 36.4 Å². The number of carbonyl (C=O) groups excluding carboxylic acids is 1. The molecule has 0 aliphatic carbocycles. The van der Waals surface area contributed by atoms with E-state index in [9.17, 15) is 4.79 Å². The Kier molecular flexibility index (Phi) is 6.23. The van der Waals surface area contributed by atoms with Crippen LogP contribution in [0.3, 0.4) is 0 Å². The minimum atomic E-state index is -0.262. The topological polar surface area (TPSA) is 92.1 Å². The van der Waals surface area contributed by atoms with E-state index < -0.39 is 0 Å². The Balaban J connectivity index is 1.68. The molecule has 0 aliphatic rings. The molecule has 0 saturated heterocycles. The Morgan fingerprint density at radius 1 is 0.862 bits per heavy atom. The van der Waals surface area contributed by atoms with Crippen LogP contribution in [-0.4, -0.2) is 39.5 Å². The molecule has 0 spiro atoms. The molecule has 8 heteroatoms. The van der Waals surface area contributed by atoms with Crippen LogP contribution < -0.4 is 24.3 Å². The molecule has 1 heterocycles. The second-order valence-corrected chi connectivity index (χ2v) is 6.00. The summed E-state index contributed by atoms with van der Waals surface area (Å²) in [6.07, 6.45) is 0. The summed E-state index contributed by atoms with van der Waals surface area (Å²) < 4.78 is 26.3. The SMILES string of the molecule is COc1ccc(C(=O)NCc2cc(-c3ccc(OC)c(OC)c3)on2)cc1OC. The third kappa shape index (κ3) is 4.43.